The van der Waals surface area contributed by atoms with Crippen molar-refractivity contribution in [3.8, 4) is 5.88 Å². The van der Waals surface area contributed by atoms with Crippen LogP contribution in [0.25, 0.3) is 11.0 Å². The van der Waals surface area contributed by atoms with Crippen molar-refractivity contribution in [1.29, 1.82) is 0 Å². The molecule has 146 valence electrons. The Labute approximate surface area is 160 Å². The fourth-order valence-corrected chi connectivity index (χ4v) is 3.07. The molecule has 1 atom stereocenters. The molecule has 1 amide bonds. The molecule has 0 bridgehead atoms. The van der Waals surface area contributed by atoms with E-state index in [-0.39, 0.29) is 6.09 Å². The molecule has 3 rings (SSSR count). The van der Waals surface area contributed by atoms with E-state index in [1.165, 1.54) is 0 Å². The number of para-hydroxylation sites is 2. The number of hydrogen-bond acceptors (Lipinski definition) is 6. The predicted molar refractivity (Wildman–Crippen MR) is 105 cm³/mol. The lowest BCUT2D eigenvalue weighted by atomic mass is 10.1. The molecular weight excluding hydrogens is 344 g/mol. The van der Waals surface area contributed by atoms with Crippen LogP contribution >= 0.6 is 0 Å². The maximum absolute atomic E-state index is 12.2. The van der Waals surface area contributed by atoms with E-state index < -0.39 is 5.60 Å². The highest BCUT2D eigenvalue weighted by molar-refractivity contribution is 5.77. The van der Waals surface area contributed by atoms with Crippen molar-refractivity contribution in [2.24, 2.45) is 5.92 Å². The van der Waals surface area contributed by atoms with Gasteiger partial charge < -0.3 is 19.7 Å². The molecule has 1 fully saturated rings. The van der Waals surface area contributed by atoms with Crippen LogP contribution < -0.4 is 10.1 Å². The molecule has 7 heteroatoms. The van der Waals surface area contributed by atoms with Crippen LogP contribution in [0.15, 0.2) is 24.3 Å². The number of ether oxygens (including phenoxy) is 2. The minimum atomic E-state index is -0.472. The summed E-state index contributed by atoms with van der Waals surface area (Å²) < 4.78 is 11.1. The molecule has 0 aliphatic carbocycles. The van der Waals surface area contributed by atoms with Crippen LogP contribution in [0.2, 0.25) is 0 Å². The van der Waals surface area contributed by atoms with E-state index in [4.69, 9.17) is 9.47 Å². The quantitative estimate of drug-likeness (QED) is 0.862. The maximum atomic E-state index is 12.2. The van der Waals surface area contributed by atoms with E-state index in [0.29, 0.717) is 43.9 Å². The summed E-state index contributed by atoms with van der Waals surface area (Å²) in [6, 6.07) is 7.73. The van der Waals surface area contributed by atoms with E-state index in [1.807, 2.05) is 52.0 Å². The van der Waals surface area contributed by atoms with Crippen molar-refractivity contribution < 1.29 is 14.3 Å². The first-order valence-electron chi connectivity index (χ1n) is 9.47. The Kier molecular flexibility index (Phi) is 5.68. The maximum Gasteiger partial charge on any atom is 0.410 e. The summed E-state index contributed by atoms with van der Waals surface area (Å²) >= 11 is 0. The molecule has 27 heavy (non-hydrogen) atoms. The molecule has 1 saturated heterocycles. The Hall–Kier alpha value is -2.57. The van der Waals surface area contributed by atoms with Gasteiger partial charge in [0.15, 0.2) is 5.82 Å². The van der Waals surface area contributed by atoms with E-state index in [1.54, 1.807) is 4.90 Å². The van der Waals surface area contributed by atoms with Gasteiger partial charge in [0.05, 0.1) is 17.6 Å². The molecule has 1 aromatic carbocycles. The van der Waals surface area contributed by atoms with Crippen molar-refractivity contribution in [1.82, 2.24) is 14.9 Å². The van der Waals surface area contributed by atoms with Crippen molar-refractivity contribution in [2.75, 3.05) is 31.6 Å². The van der Waals surface area contributed by atoms with Gasteiger partial charge in [0.25, 0.3) is 5.88 Å². The zero-order chi connectivity index (χ0) is 19.4. The summed E-state index contributed by atoms with van der Waals surface area (Å²) in [7, 11) is 0. The fraction of sp³-hybridized carbons (Fsp3) is 0.550. The number of hydrogen-bond donors (Lipinski definition) is 1. The van der Waals surface area contributed by atoms with Crippen LogP contribution in [0, 0.1) is 5.92 Å². The average Bonchev–Trinajstić information content (AvgIpc) is 3.08. The molecule has 0 radical (unpaired) electrons. The highest BCUT2D eigenvalue weighted by Crippen LogP contribution is 2.25. The Morgan fingerprint density at radius 2 is 1.96 bits per heavy atom. The first kappa shape index (κ1) is 19.2. The third-order valence-electron chi connectivity index (χ3n) is 4.32. The van der Waals surface area contributed by atoms with Gasteiger partial charge in [-0.2, -0.15) is 0 Å². The molecular formula is C20H28N4O3. The summed E-state index contributed by atoms with van der Waals surface area (Å²) in [4.78, 5) is 23.2. The zero-order valence-corrected chi connectivity index (χ0v) is 16.5. The summed E-state index contributed by atoms with van der Waals surface area (Å²) in [5.74, 6) is 1.49. The Bertz CT molecular complexity index is 803. The molecule has 1 N–H and O–H groups in total. The molecule has 1 aliphatic rings. The number of rotatable bonds is 5. The van der Waals surface area contributed by atoms with Crippen LogP contribution in [0.4, 0.5) is 10.6 Å². The normalized spacial score (nSPS) is 17.2. The SMILES string of the molecule is CCOc1nc2ccccc2nc1NC[C@H]1CCN(C(=O)OC(C)(C)C)C1. The summed E-state index contributed by atoms with van der Waals surface area (Å²) in [5, 5.41) is 3.36. The molecule has 1 aliphatic heterocycles. The number of anilines is 1. The number of aromatic nitrogens is 2. The van der Waals surface area contributed by atoms with E-state index >= 15 is 0 Å². The molecule has 2 heterocycles. The summed E-state index contributed by atoms with van der Waals surface area (Å²) in [5.41, 5.74) is 1.16. The first-order valence-corrected chi connectivity index (χ1v) is 9.47. The third kappa shape index (κ3) is 4.99. The van der Waals surface area contributed by atoms with Gasteiger partial charge in [-0.05, 0) is 52.2 Å². The van der Waals surface area contributed by atoms with Gasteiger partial charge in [0.1, 0.15) is 5.60 Å². The fourth-order valence-electron chi connectivity index (χ4n) is 3.07. The smallest absolute Gasteiger partial charge is 0.410 e. The van der Waals surface area contributed by atoms with Crippen molar-refractivity contribution in [2.45, 2.75) is 39.7 Å². The Morgan fingerprint density at radius 1 is 1.26 bits per heavy atom. The lowest BCUT2D eigenvalue weighted by Gasteiger charge is -2.24. The molecule has 2 aromatic rings. The number of carbonyl (C=O) groups is 1. The second-order valence-corrected chi connectivity index (χ2v) is 7.76. The number of nitrogens with one attached hydrogen (secondary N) is 1. The molecule has 0 spiro atoms. The minimum Gasteiger partial charge on any atom is -0.475 e. The Balaban J connectivity index is 1.63. The Morgan fingerprint density at radius 3 is 2.63 bits per heavy atom. The van der Waals surface area contributed by atoms with Crippen molar-refractivity contribution in [3.63, 3.8) is 0 Å². The van der Waals surface area contributed by atoms with Crippen LogP contribution in [0.3, 0.4) is 0 Å². The van der Waals surface area contributed by atoms with Crippen molar-refractivity contribution in [3.05, 3.63) is 24.3 Å². The van der Waals surface area contributed by atoms with Gasteiger partial charge in [0.2, 0.25) is 0 Å². The standard InChI is InChI=1S/C20H28N4O3/c1-5-26-18-17(22-15-8-6-7-9-16(15)23-18)21-12-14-10-11-24(13-14)19(25)27-20(2,3)4/h6-9,14H,5,10-13H2,1-4H3,(H,21,22)/t14-/m1/s1. The highest BCUT2D eigenvalue weighted by Gasteiger charge is 2.29. The number of fused-ring (bicyclic) bond motifs is 1. The highest BCUT2D eigenvalue weighted by atomic mass is 16.6. The van der Waals surface area contributed by atoms with Crippen LogP contribution in [-0.2, 0) is 4.74 Å². The van der Waals surface area contributed by atoms with Gasteiger partial charge >= 0.3 is 6.09 Å². The lowest BCUT2D eigenvalue weighted by Crippen LogP contribution is -2.35. The second-order valence-electron chi connectivity index (χ2n) is 7.76. The number of benzene rings is 1. The van der Waals surface area contributed by atoms with E-state index in [2.05, 4.69) is 15.3 Å². The van der Waals surface area contributed by atoms with Gasteiger partial charge in [0, 0.05) is 19.6 Å². The summed E-state index contributed by atoms with van der Waals surface area (Å²) in [6.45, 7) is 10.2. The van der Waals surface area contributed by atoms with Gasteiger partial charge in [-0.15, -0.1) is 0 Å². The topological polar surface area (TPSA) is 76.6 Å². The number of carbonyl (C=O) groups excluding carboxylic acids is 1. The largest absolute Gasteiger partial charge is 0.475 e. The molecule has 0 saturated carbocycles. The average molecular weight is 372 g/mol. The molecule has 1 aromatic heterocycles. The van der Waals surface area contributed by atoms with Crippen molar-refractivity contribution >= 4 is 22.9 Å². The van der Waals surface area contributed by atoms with E-state index in [9.17, 15) is 4.79 Å². The summed E-state index contributed by atoms with van der Waals surface area (Å²) in [6.07, 6.45) is 0.683. The number of amides is 1. The lowest BCUT2D eigenvalue weighted by molar-refractivity contribution is 0.0289. The molecule has 0 unspecified atom stereocenters. The number of likely N-dealkylation sites (tertiary alicyclic amines) is 1. The van der Waals surface area contributed by atoms with Crippen LogP contribution in [-0.4, -0.2) is 52.8 Å². The number of nitrogens with zero attached hydrogens (tertiary/aromatic N) is 3. The predicted octanol–water partition coefficient (Wildman–Crippen LogP) is 3.70. The van der Waals surface area contributed by atoms with Crippen LogP contribution in [0.5, 0.6) is 5.88 Å². The second kappa shape index (κ2) is 7.98. The van der Waals surface area contributed by atoms with Gasteiger partial charge in [-0.25, -0.2) is 14.8 Å². The van der Waals surface area contributed by atoms with Crippen LogP contribution in [0.1, 0.15) is 34.1 Å². The monoisotopic (exact) mass is 372 g/mol. The minimum absolute atomic E-state index is 0.245. The van der Waals surface area contributed by atoms with Gasteiger partial charge in [-0.3, -0.25) is 0 Å². The van der Waals surface area contributed by atoms with Gasteiger partial charge in [-0.1, -0.05) is 12.1 Å². The third-order valence-corrected chi connectivity index (χ3v) is 4.32. The molecule has 7 nitrogen and oxygen atoms in total. The zero-order valence-electron chi connectivity index (χ0n) is 16.5. The first-order chi connectivity index (χ1) is 12.9. The van der Waals surface area contributed by atoms with E-state index in [0.717, 1.165) is 17.5 Å².